The fourth-order valence-corrected chi connectivity index (χ4v) is 3.26. The van der Waals surface area contributed by atoms with E-state index in [9.17, 15) is 0 Å². The maximum Gasteiger partial charge on any atom is 0.0462 e. The molecule has 2 rings (SSSR count). The van der Waals surface area contributed by atoms with Crippen LogP contribution in [0.1, 0.15) is 25.3 Å². The average Bonchev–Trinajstić information content (AvgIpc) is 2.33. The SMILES string of the molecule is CC(N)C1CCN(Cc2ccc(Br)cc2Cl)CC1. The van der Waals surface area contributed by atoms with Crippen molar-refractivity contribution in [3.63, 3.8) is 0 Å². The number of halogens is 2. The third-order valence-corrected chi connectivity index (χ3v) is 4.63. The molecule has 1 atom stereocenters. The maximum atomic E-state index is 6.25. The van der Waals surface area contributed by atoms with Crippen molar-refractivity contribution in [3.05, 3.63) is 33.3 Å². The van der Waals surface area contributed by atoms with Crippen LogP contribution in [0.2, 0.25) is 5.02 Å². The van der Waals surface area contributed by atoms with Gasteiger partial charge in [0.05, 0.1) is 0 Å². The van der Waals surface area contributed by atoms with E-state index in [1.165, 1.54) is 18.4 Å². The van der Waals surface area contributed by atoms with Crippen LogP contribution in [0.5, 0.6) is 0 Å². The van der Waals surface area contributed by atoms with Gasteiger partial charge in [-0.15, -0.1) is 0 Å². The first-order valence-corrected chi connectivity index (χ1v) is 7.65. The van der Waals surface area contributed by atoms with Crippen molar-refractivity contribution in [3.8, 4) is 0 Å². The summed E-state index contributed by atoms with van der Waals surface area (Å²) in [5.74, 6) is 0.682. The molecule has 0 aromatic heterocycles. The smallest absolute Gasteiger partial charge is 0.0462 e. The summed E-state index contributed by atoms with van der Waals surface area (Å²) in [7, 11) is 0. The number of likely N-dealkylation sites (tertiary alicyclic amines) is 1. The van der Waals surface area contributed by atoms with Crippen LogP contribution < -0.4 is 5.73 Å². The van der Waals surface area contributed by atoms with E-state index in [-0.39, 0.29) is 0 Å². The van der Waals surface area contributed by atoms with E-state index in [4.69, 9.17) is 17.3 Å². The summed E-state index contributed by atoms with van der Waals surface area (Å²) in [6.07, 6.45) is 2.40. The molecule has 2 nitrogen and oxygen atoms in total. The number of nitrogens with two attached hydrogens (primary N) is 1. The summed E-state index contributed by atoms with van der Waals surface area (Å²) in [5.41, 5.74) is 7.17. The van der Waals surface area contributed by atoms with Crippen molar-refractivity contribution >= 4 is 27.5 Å². The summed E-state index contributed by atoms with van der Waals surface area (Å²) >= 11 is 9.68. The molecule has 1 aliphatic rings. The molecule has 0 amide bonds. The van der Waals surface area contributed by atoms with Crippen molar-refractivity contribution in [1.29, 1.82) is 0 Å². The van der Waals surface area contributed by atoms with Gasteiger partial charge in [0.15, 0.2) is 0 Å². The van der Waals surface area contributed by atoms with Gasteiger partial charge in [-0.1, -0.05) is 33.6 Å². The Hall–Kier alpha value is -0.0900. The molecule has 1 heterocycles. The van der Waals surface area contributed by atoms with Crippen molar-refractivity contribution in [1.82, 2.24) is 4.90 Å². The van der Waals surface area contributed by atoms with Crippen LogP contribution >= 0.6 is 27.5 Å². The molecule has 0 radical (unpaired) electrons. The van der Waals surface area contributed by atoms with Gasteiger partial charge in [0.1, 0.15) is 0 Å². The van der Waals surface area contributed by atoms with Crippen LogP contribution in [-0.4, -0.2) is 24.0 Å². The molecular weight excluding hydrogens is 312 g/mol. The Morgan fingerprint density at radius 1 is 1.44 bits per heavy atom. The number of benzene rings is 1. The summed E-state index contributed by atoms with van der Waals surface area (Å²) < 4.78 is 1.03. The van der Waals surface area contributed by atoms with Crippen LogP contribution in [0, 0.1) is 5.92 Å². The molecule has 1 saturated heterocycles. The van der Waals surface area contributed by atoms with E-state index >= 15 is 0 Å². The Morgan fingerprint density at radius 2 is 2.11 bits per heavy atom. The van der Waals surface area contributed by atoms with E-state index in [1.54, 1.807) is 0 Å². The molecule has 4 heteroatoms. The highest BCUT2D eigenvalue weighted by Gasteiger charge is 2.22. The predicted octanol–water partition coefficient (Wildman–Crippen LogP) is 3.66. The lowest BCUT2D eigenvalue weighted by molar-refractivity contribution is 0.166. The van der Waals surface area contributed by atoms with Crippen LogP contribution in [-0.2, 0) is 6.54 Å². The molecule has 1 aromatic rings. The highest BCUT2D eigenvalue weighted by molar-refractivity contribution is 9.10. The van der Waals surface area contributed by atoms with E-state index in [0.717, 1.165) is 29.1 Å². The van der Waals surface area contributed by atoms with Crippen LogP contribution in [0.4, 0.5) is 0 Å². The van der Waals surface area contributed by atoms with Crippen molar-refractivity contribution in [2.75, 3.05) is 13.1 Å². The number of rotatable bonds is 3. The van der Waals surface area contributed by atoms with E-state index in [0.29, 0.717) is 12.0 Å². The minimum Gasteiger partial charge on any atom is -0.328 e. The summed E-state index contributed by atoms with van der Waals surface area (Å²) in [5, 5.41) is 0.846. The van der Waals surface area contributed by atoms with Gasteiger partial charge in [-0.05, 0) is 56.5 Å². The zero-order valence-electron chi connectivity index (χ0n) is 10.7. The summed E-state index contributed by atoms with van der Waals surface area (Å²) in [6.45, 7) is 5.31. The first kappa shape index (κ1) is 14.3. The van der Waals surface area contributed by atoms with Gasteiger partial charge in [-0.2, -0.15) is 0 Å². The molecular formula is C14H20BrClN2. The van der Waals surface area contributed by atoms with E-state index in [2.05, 4.69) is 39.9 Å². The Kier molecular flexibility index (Phi) is 5.07. The third kappa shape index (κ3) is 3.70. The molecule has 0 bridgehead atoms. The number of hydrogen-bond acceptors (Lipinski definition) is 2. The van der Waals surface area contributed by atoms with E-state index < -0.39 is 0 Å². The topological polar surface area (TPSA) is 29.3 Å². The lowest BCUT2D eigenvalue weighted by Gasteiger charge is -2.33. The van der Waals surface area contributed by atoms with Crippen LogP contribution in [0.3, 0.4) is 0 Å². The van der Waals surface area contributed by atoms with E-state index in [1.807, 2.05) is 6.07 Å². The molecule has 0 saturated carbocycles. The lowest BCUT2D eigenvalue weighted by Crippen LogP contribution is -2.39. The second-order valence-corrected chi connectivity index (χ2v) is 6.53. The Labute approximate surface area is 123 Å². The normalized spacial score (nSPS) is 20.0. The lowest BCUT2D eigenvalue weighted by atomic mass is 9.91. The van der Waals surface area contributed by atoms with Gasteiger partial charge >= 0.3 is 0 Å². The number of piperidine rings is 1. The quantitative estimate of drug-likeness (QED) is 0.916. The molecule has 18 heavy (non-hydrogen) atoms. The molecule has 1 unspecified atom stereocenters. The molecule has 2 N–H and O–H groups in total. The largest absolute Gasteiger partial charge is 0.328 e. The minimum atomic E-state index is 0.323. The van der Waals surface area contributed by atoms with Crippen LogP contribution in [0.15, 0.2) is 22.7 Å². The molecule has 0 spiro atoms. The number of nitrogens with zero attached hydrogens (tertiary/aromatic N) is 1. The Balaban J connectivity index is 1.91. The highest BCUT2D eigenvalue weighted by atomic mass is 79.9. The van der Waals surface area contributed by atoms with Crippen LogP contribution in [0.25, 0.3) is 0 Å². The number of hydrogen-bond donors (Lipinski definition) is 1. The first-order chi connectivity index (χ1) is 8.56. The van der Waals surface area contributed by atoms with Gasteiger partial charge in [0.2, 0.25) is 0 Å². The van der Waals surface area contributed by atoms with Gasteiger partial charge in [0, 0.05) is 22.1 Å². The van der Waals surface area contributed by atoms with Crippen molar-refractivity contribution in [2.45, 2.75) is 32.4 Å². The van der Waals surface area contributed by atoms with Crippen molar-refractivity contribution in [2.24, 2.45) is 11.7 Å². The second kappa shape index (κ2) is 6.38. The fraction of sp³-hybridized carbons (Fsp3) is 0.571. The summed E-state index contributed by atoms with van der Waals surface area (Å²) in [4.78, 5) is 2.47. The molecule has 1 aliphatic heterocycles. The molecule has 1 fully saturated rings. The maximum absolute atomic E-state index is 6.25. The molecule has 100 valence electrons. The van der Waals surface area contributed by atoms with Crippen molar-refractivity contribution < 1.29 is 0 Å². The van der Waals surface area contributed by atoms with Gasteiger partial charge in [0.25, 0.3) is 0 Å². The summed E-state index contributed by atoms with van der Waals surface area (Å²) in [6, 6.07) is 6.44. The molecule has 0 aliphatic carbocycles. The molecule has 1 aromatic carbocycles. The highest BCUT2D eigenvalue weighted by Crippen LogP contribution is 2.25. The van der Waals surface area contributed by atoms with Gasteiger partial charge < -0.3 is 5.73 Å². The van der Waals surface area contributed by atoms with Gasteiger partial charge in [-0.25, -0.2) is 0 Å². The zero-order chi connectivity index (χ0) is 13.1. The fourth-order valence-electron chi connectivity index (χ4n) is 2.53. The zero-order valence-corrected chi connectivity index (χ0v) is 13.0. The second-order valence-electron chi connectivity index (χ2n) is 5.21. The average molecular weight is 332 g/mol. The van der Waals surface area contributed by atoms with Gasteiger partial charge in [-0.3, -0.25) is 4.90 Å². The standard InChI is InChI=1S/C14H20BrClN2/c1-10(17)11-4-6-18(7-5-11)9-12-2-3-13(15)8-14(12)16/h2-3,8,10-11H,4-7,9,17H2,1H3. The minimum absolute atomic E-state index is 0.323. The third-order valence-electron chi connectivity index (χ3n) is 3.78. The first-order valence-electron chi connectivity index (χ1n) is 6.48. The Morgan fingerprint density at radius 3 is 2.67 bits per heavy atom. The predicted molar refractivity (Wildman–Crippen MR) is 80.8 cm³/mol. The monoisotopic (exact) mass is 330 g/mol. The Bertz CT molecular complexity index is 401.